The van der Waals surface area contributed by atoms with Crippen LogP contribution in [0, 0.1) is 11.3 Å². The molecule has 3 aromatic heterocycles. The van der Waals surface area contributed by atoms with Crippen molar-refractivity contribution in [3.05, 3.63) is 60.3 Å². The lowest BCUT2D eigenvalue weighted by molar-refractivity contribution is 0.847. The van der Waals surface area contributed by atoms with Crippen LogP contribution in [0.25, 0.3) is 5.82 Å². The fourth-order valence-corrected chi connectivity index (χ4v) is 2.08. The maximum absolute atomic E-state index is 8.93. The standard InChI is InChI=1S/C15H14N6/c1-20-11-12(7-14(20)8-16)9-17-13-3-4-15(18-10-13)21-6-2-5-19-21/h2-7,10-11,17H,9H2,1H3. The predicted octanol–water partition coefficient (Wildman–Crippen LogP) is 2.09. The Labute approximate surface area is 122 Å². The number of rotatable bonds is 4. The molecule has 6 nitrogen and oxygen atoms in total. The fraction of sp³-hybridized carbons (Fsp3) is 0.133. The molecule has 0 atom stereocenters. The minimum absolute atomic E-state index is 0.651. The zero-order valence-corrected chi connectivity index (χ0v) is 11.6. The van der Waals surface area contributed by atoms with E-state index in [9.17, 15) is 0 Å². The number of nitrogens with one attached hydrogen (secondary N) is 1. The van der Waals surface area contributed by atoms with Crippen LogP contribution in [0.5, 0.6) is 0 Å². The second-order valence-corrected chi connectivity index (χ2v) is 4.67. The monoisotopic (exact) mass is 278 g/mol. The van der Waals surface area contributed by atoms with Crippen molar-refractivity contribution in [2.24, 2.45) is 7.05 Å². The predicted molar refractivity (Wildman–Crippen MR) is 78.8 cm³/mol. The summed E-state index contributed by atoms with van der Waals surface area (Å²) in [6.45, 7) is 0.651. The molecule has 3 heterocycles. The summed E-state index contributed by atoms with van der Waals surface area (Å²) in [5.74, 6) is 0.775. The van der Waals surface area contributed by atoms with Gasteiger partial charge in [0.1, 0.15) is 11.8 Å². The van der Waals surface area contributed by atoms with Gasteiger partial charge >= 0.3 is 0 Å². The Morgan fingerprint density at radius 2 is 2.29 bits per heavy atom. The third-order valence-corrected chi connectivity index (χ3v) is 3.16. The minimum Gasteiger partial charge on any atom is -0.380 e. The molecule has 0 aliphatic heterocycles. The maximum atomic E-state index is 8.93. The lowest BCUT2D eigenvalue weighted by atomic mass is 10.3. The largest absolute Gasteiger partial charge is 0.380 e. The van der Waals surface area contributed by atoms with Gasteiger partial charge in [-0.1, -0.05) is 0 Å². The summed E-state index contributed by atoms with van der Waals surface area (Å²) in [5.41, 5.74) is 2.64. The number of nitriles is 1. The highest BCUT2D eigenvalue weighted by Gasteiger charge is 2.03. The van der Waals surface area contributed by atoms with E-state index in [0.717, 1.165) is 17.1 Å². The Morgan fingerprint density at radius 1 is 1.38 bits per heavy atom. The summed E-state index contributed by atoms with van der Waals surface area (Å²) in [4.78, 5) is 4.35. The normalized spacial score (nSPS) is 10.3. The molecule has 0 unspecified atom stereocenters. The van der Waals surface area contributed by atoms with E-state index in [4.69, 9.17) is 5.26 Å². The summed E-state index contributed by atoms with van der Waals surface area (Å²) in [5, 5.41) is 16.3. The summed E-state index contributed by atoms with van der Waals surface area (Å²) >= 11 is 0. The van der Waals surface area contributed by atoms with Gasteiger partial charge in [0.25, 0.3) is 0 Å². The average molecular weight is 278 g/mol. The van der Waals surface area contributed by atoms with E-state index in [-0.39, 0.29) is 0 Å². The molecule has 0 aromatic carbocycles. The fourth-order valence-electron chi connectivity index (χ4n) is 2.08. The molecule has 0 saturated heterocycles. The van der Waals surface area contributed by atoms with Crippen molar-refractivity contribution in [3.8, 4) is 11.9 Å². The molecule has 1 N–H and O–H groups in total. The number of anilines is 1. The lowest BCUT2D eigenvalue weighted by Gasteiger charge is -2.06. The van der Waals surface area contributed by atoms with Crippen LogP contribution in [0.3, 0.4) is 0 Å². The van der Waals surface area contributed by atoms with E-state index in [1.807, 2.05) is 48.3 Å². The van der Waals surface area contributed by atoms with Crippen molar-refractivity contribution in [3.63, 3.8) is 0 Å². The molecule has 0 bridgehead atoms. The Hall–Kier alpha value is -3.07. The van der Waals surface area contributed by atoms with Gasteiger partial charge in [-0.05, 0) is 29.8 Å². The molecule has 0 aliphatic rings. The molecule has 104 valence electrons. The van der Waals surface area contributed by atoms with Crippen LogP contribution in [-0.2, 0) is 13.6 Å². The number of nitrogens with zero attached hydrogens (tertiary/aromatic N) is 5. The summed E-state index contributed by atoms with van der Waals surface area (Å²) in [6.07, 6.45) is 7.28. The van der Waals surface area contributed by atoms with Crippen LogP contribution in [-0.4, -0.2) is 19.3 Å². The van der Waals surface area contributed by atoms with Crippen LogP contribution in [0.2, 0.25) is 0 Å². The highest BCUT2D eigenvalue weighted by Crippen LogP contribution is 2.12. The number of hydrogen-bond donors (Lipinski definition) is 1. The Morgan fingerprint density at radius 3 is 2.90 bits per heavy atom. The number of aryl methyl sites for hydroxylation is 1. The van der Waals surface area contributed by atoms with Crippen molar-refractivity contribution in [1.82, 2.24) is 19.3 Å². The number of aromatic nitrogens is 4. The van der Waals surface area contributed by atoms with Crippen LogP contribution in [0.1, 0.15) is 11.3 Å². The first-order valence-electron chi connectivity index (χ1n) is 6.51. The van der Waals surface area contributed by atoms with Gasteiger partial charge in [-0.25, -0.2) is 9.67 Å². The average Bonchev–Trinajstić information content (AvgIpc) is 3.15. The Kier molecular flexibility index (Phi) is 3.39. The van der Waals surface area contributed by atoms with Gasteiger partial charge in [0.15, 0.2) is 5.82 Å². The summed E-state index contributed by atoms with van der Waals surface area (Å²) in [7, 11) is 1.86. The molecule has 3 rings (SSSR count). The summed E-state index contributed by atoms with van der Waals surface area (Å²) in [6, 6.07) is 9.74. The molecule has 0 amide bonds. The molecule has 0 aliphatic carbocycles. The highest BCUT2D eigenvalue weighted by atomic mass is 15.3. The first-order valence-corrected chi connectivity index (χ1v) is 6.51. The quantitative estimate of drug-likeness (QED) is 0.793. The smallest absolute Gasteiger partial charge is 0.153 e. The molecule has 0 radical (unpaired) electrons. The Balaban J connectivity index is 1.67. The number of hydrogen-bond acceptors (Lipinski definition) is 4. The third-order valence-electron chi connectivity index (χ3n) is 3.16. The second-order valence-electron chi connectivity index (χ2n) is 4.67. The SMILES string of the molecule is Cn1cc(CNc2ccc(-n3cccn3)nc2)cc1C#N. The first kappa shape index (κ1) is 12.9. The topological polar surface area (TPSA) is 71.5 Å². The van der Waals surface area contributed by atoms with Gasteiger partial charge in [-0.3, -0.25) is 0 Å². The third kappa shape index (κ3) is 2.77. The van der Waals surface area contributed by atoms with Crippen molar-refractivity contribution in [2.75, 3.05) is 5.32 Å². The molecule has 6 heteroatoms. The van der Waals surface area contributed by atoms with Crippen molar-refractivity contribution in [2.45, 2.75) is 6.54 Å². The van der Waals surface area contributed by atoms with E-state index in [0.29, 0.717) is 12.2 Å². The van der Waals surface area contributed by atoms with Crippen molar-refractivity contribution < 1.29 is 0 Å². The zero-order chi connectivity index (χ0) is 14.7. The molecular weight excluding hydrogens is 264 g/mol. The minimum atomic E-state index is 0.651. The van der Waals surface area contributed by atoms with Gasteiger partial charge in [-0.2, -0.15) is 10.4 Å². The van der Waals surface area contributed by atoms with Gasteiger partial charge in [0.05, 0.1) is 11.9 Å². The van der Waals surface area contributed by atoms with Gasteiger partial charge in [0, 0.05) is 32.2 Å². The van der Waals surface area contributed by atoms with Crippen molar-refractivity contribution >= 4 is 5.69 Å². The van der Waals surface area contributed by atoms with E-state index in [1.54, 1.807) is 17.1 Å². The van der Waals surface area contributed by atoms with E-state index in [1.165, 1.54) is 0 Å². The van der Waals surface area contributed by atoms with Gasteiger partial charge in [-0.15, -0.1) is 0 Å². The molecule has 0 saturated carbocycles. The Bertz CT molecular complexity index is 762. The van der Waals surface area contributed by atoms with E-state index in [2.05, 4.69) is 21.5 Å². The molecule has 0 fully saturated rings. The first-order chi connectivity index (χ1) is 10.3. The van der Waals surface area contributed by atoms with Crippen LogP contribution >= 0.6 is 0 Å². The molecule has 3 aromatic rings. The van der Waals surface area contributed by atoms with Crippen LogP contribution < -0.4 is 5.32 Å². The highest BCUT2D eigenvalue weighted by molar-refractivity contribution is 5.44. The zero-order valence-electron chi connectivity index (χ0n) is 11.6. The lowest BCUT2D eigenvalue weighted by Crippen LogP contribution is -2.01. The van der Waals surface area contributed by atoms with Crippen LogP contribution in [0.4, 0.5) is 5.69 Å². The van der Waals surface area contributed by atoms with E-state index >= 15 is 0 Å². The second kappa shape index (κ2) is 5.51. The van der Waals surface area contributed by atoms with E-state index < -0.39 is 0 Å². The molecule has 0 spiro atoms. The maximum Gasteiger partial charge on any atom is 0.153 e. The molecule has 21 heavy (non-hydrogen) atoms. The van der Waals surface area contributed by atoms with Gasteiger partial charge < -0.3 is 9.88 Å². The number of pyridine rings is 1. The summed E-state index contributed by atoms with van der Waals surface area (Å²) < 4.78 is 3.52. The van der Waals surface area contributed by atoms with Gasteiger partial charge in [0.2, 0.25) is 0 Å². The van der Waals surface area contributed by atoms with Crippen molar-refractivity contribution in [1.29, 1.82) is 5.26 Å². The van der Waals surface area contributed by atoms with Crippen LogP contribution in [0.15, 0.2) is 49.1 Å². The molecular formula is C15H14N6.